The number of fused-ring (bicyclic) bond motifs is 3. The van der Waals surface area contributed by atoms with E-state index in [1.807, 2.05) is 47.4 Å². The van der Waals surface area contributed by atoms with Crippen molar-refractivity contribution in [1.29, 1.82) is 0 Å². The number of H-pyrrole nitrogens is 1. The third kappa shape index (κ3) is 2.90. The summed E-state index contributed by atoms with van der Waals surface area (Å²) in [6, 6.07) is 13.3. The number of aromatic amines is 1. The number of hydrogen-bond acceptors (Lipinski definition) is 1. The van der Waals surface area contributed by atoms with Gasteiger partial charge in [0.1, 0.15) is 0 Å². The molecular weight excluding hydrogens is 343 g/mol. The number of carbonyl (C=O) groups excluding carboxylic acids is 1. The molecule has 24 heavy (non-hydrogen) atoms. The van der Waals surface area contributed by atoms with Crippen molar-refractivity contribution >= 4 is 40.0 Å². The first-order chi connectivity index (χ1) is 11.6. The van der Waals surface area contributed by atoms with E-state index in [4.69, 9.17) is 23.2 Å². The molecule has 0 saturated heterocycles. The third-order valence-corrected chi connectivity index (χ3v) is 5.05. The van der Waals surface area contributed by atoms with Crippen LogP contribution in [0.15, 0.2) is 42.5 Å². The number of amides is 1. The van der Waals surface area contributed by atoms with Gasteiger partial charge in [-0.25, -0.2) is 0 Å². The van der Waals surface area contributed by atoms with Gasteiger partial charge in [0.2, 0.25) is 5.91 Å². The minimum Gasteiger partial charge on any atom is -0.358 e. The highest BCUT2D eigenvalue weighted by Gasteiger charge is 2.24. The molecule has 1 aliphatic heterocycles. The molecule has 3 nitrogen and oxygen atoms in total. The summed E-state index contributed by atoms with van der Waals surface area (Å²) in [6.07, 6.45) is 1.24. The molecule has 2 aromatic carbocycles. The first-order valence-corrected chi connectivity index (χ1v) is 8.67. The SMILES string of the molecule is O=C(Cc1ccc(Cl)cc1)N1CCc2[nH]c3cc(Cl)ccc3c2C1. The zero-order valence-electron chi connectivity index (χ0n) is 13.0. The predicted molar refractivity (Wildman–Crippen MR) is 97.6 cm³/mol. The van der Waals surface area contributed by atoms with Crippen LogP contribution in [0.25, 0.3) is 10.9 Å². The molecule has 1 amide bonds. The topological polar surface area (TPSA) is 36.1 Å². The number of nitrogens with zero attached hydrogens (tertiary/aromatic N) is 1. The number of rotatable bonds is 2. The largest absolute Gasteiger partial charge is 0.358 e. The summed E-state index contributed by atoms with van der Waals surface area (Å²) in [7, 11) is 0. The number of aromatic nitrogens is 1. The van der Waals surface area contributed by atoms with E-state index < -0.39 is 0 Å². The monoisotopic (exact) mass is 358 g/mol. The zero-order chi connectivity index (χ0) is 16.7. The Balaban J connectivity index is 1.56. The maximum atomic E-state index is 12.6. The molecule has 1 aliphatic rings. The van der Waals surface area contributed by atoms with Crippen molar-refractivity contribution in [2.75, 3.05) is 6.54 Å². The fourth-order valence-corrected chi connectivity index (χ4v) is 3.59. The second-order valence-corrected chi connectivity index (χ2v) is 7.01. The van der Waals surface area contributed by atoms with E-state index in [9.17, 15) is 4.79 Å². The van der Waals surface area contributed by atoms with E-state index in [2.05, 4.69) is 4.98 Å². The minimum absolute atomic E-state index is 0.145. The lowest BCUT2D eigenvalue weighted by Gasteiger charge is -2.27. The average Bonchev–Trinajstić information content (AvgIpc) is 2.93. The molecule has 0 bridgehead atoms. The molecule has 0 spiro atoms. The van der Waals surface area contributed by atoms with Gasteiger partial charge in [-0.1, -0.05) is 41.4 Å². The van der Waals surface area contributed by atoms with Crippen molar-refractivity contribution in [2.24, 2.45) is 0 Å². The Hall–Kier alpha value is -1.97. The quantitative estimate of drug-likeness (QED) is 0.713. The van der Waals surface area contributed by atoms with Crippen molar-refractivity contribution in [3.8, 4) is 0 Å². The van der Waals surface area contributed by atoms with E-state index in [1.165, 1.54) is 11.3 Å². The van der Waals surface area contributed by atoms with Crippen molar-refractivity contribution in [1.82, 2.24) is 9.88 Å². The van der Waals surface area contributed by atoms with Gasteiger partial charge in [0.05, 0.1) is 6.42 Å². The second-order valence-electron chi connectivity index (χ2n) is 6.14. The van der Waals surface area contributed by atoms with Gasteiger partial charge in [-0.05, 0) is 29.8 Å². The molecule has 1 aromatic heterocycles. The van der Waals surface area contributed by atoms with Gasteiger partial charge >= 0.3 is 0 Å². The molecule has 0 fully saturated rings. The normalized spacial score (nSPS) is 14.0. The lowest BCUT2D eigenvalue weighted by Crippen LogP contribution is -2.36. The Kier molecular flexibility index (Phi) is 3.99. The Morgan fingerprint density at radius 2 is 1.83 bits per heavy atom. The lowest BCUT2D eigenvalue weighted by molar-refractivity contribution is -0.131. The minimum atomic E-state index is 0.145. The molecule has 0 atom stereocenters. The van der Waals surface area contributed by atoms with E-state index in [1.54, 1.807) is 0 Å². The summed E-state index contributed by atoms with van der Waals surface area (Å²) in [5.41, 5.74) is 4.44. The Bertz CT molecular complexity index is 915. The predicted octanol–water partition coefficient (Wildman–Crippen LogP) is 4.60. The van der Waals surface area contributed by atoms with Gasteiger partial charge in [0, 0.05) is 51.7 Å². The Labute approximate surface area is 150 Å². The molecule has 0 radical (unpaired) electrons. The molecule has 5 heteroatoms. The molecule has 3 aromatic rings. The maximum absolute atomic E-state index is 12.6. The molecule has 0 aliphatic carbocycles. The van der Waals surface area contributed by atoms with Gasteiger partial charge in [0.15, 0.2) is 0 Å². The van der Waals surface area contributed by atoms with Gasteiger partial charge in [-0.3, -0.25) is 4.79 Å². The Morgan fingerprint density at radius 3 is 2.62 bits per heavy atom. The van der Waals surface area contributed by atoms with Crippen LogP contribution >= 0.6 is 23.2 Å². The average molecular weight is 359 g/mol. The first kappa shape index (κ1) is 15.6. The highest BCUT2D eigenvalue weighted by Crippen LogP contribution is 2.29. The number of halogens is 2. The van der Waals surface area contributed by atoms with Crippen LogP contribution in [-0.2, 0) is 24.2 Å². The van der Waals surface area contributed by atoms with Crippen molar-refractivity contribution in [3.05, 3.63) is 69.3 Å². The van der Waals surface area contributed by atoms with Crippen molar-refractivity contribution < 1.29 is 4.79 Å². The van der Waals surface area contributed by atoms with E-state index in [-0.39, 0.29) is 5.91 Å². The summed E-state index contributed by atoms with van der Waals surface area (Å²) in [4.78, 5) is 18.0. The van der Waals surface area contributed by atoms with E-state index >= 15 is 0 Å². The molecule has 4 rings (SSSR count). The van der Waals surface area contributed by atoms with Crippen LogP contribution in [-0.4, -0.2) is 22.3 Å². The Morgan fingerprint density at radius 1 is 1.08 bits per heavy atom. The van der Waals surface area contributed by atoms with Crippen molar-refractivity contribution in [3.63, 3.8) is 0 Å². The second kappa shape index (κ2) is 6.15. The van der Waals surface area contributed by atoms with Gasteiger partial charge in [-0.2, -0.15) is 0 Å². The number of carbonyl (C=O) groups is 1. The van der Waals surface area contributed by atoms with Gasteiger partial charge in [0.25, 0.3) is 0 Å². The summed E-state index contributed by atoms with van der Waals surface area (Å²) in [5.74, 6) is 0.145. The summed E-state index contributed by atoms with van der Waals surface area (Å²) >= 11 is 12.0. The maximum Gasteiger partial charge on any atom is 0.227 e. The van der Waals surface area contributed by atoms with Crippen LogP contribution in [0.2, 0.25) is 10.0 Å². The van der Waals surface area contributed by atoms with Gasteiger partial charge < -0.3 is 9.88 Å². The molecular formula is C19H16Cl2N2O. The fraction of sp³-hybridized carbons (Fsp3) is 0.211. The van der Waals surface area contributed by atoms with Crippen LogP contribution < -0.4 is 0 Å². The highest BCUT2D eigenvalue weighted by atomic mass is 35.5. The van der Waals surface area contributed by atoms with Crippen molar-refractivity contribution in [2.45, 2.75) is 19.4 Å². The molecule has 2 heterocycles. The molecule has 1 N–H and O–H groups in total. The van der Waals surface area contributed by atoms with Crippen LogP contribution in [0.5, 0.6) is 0 Å². The number of nitrogens with one attached hydrogen (secondary N) is 1. The lowest BCUT2D eigenvalue weighted by atomic mass is 10.0. The first-order valence-electron chi connectivity index (χ1n) is 7.91. The summed E-state index contributed by atoms with van der Waals surface area (Å²) in [5, 5.41) is 2.56. The molecule has 122 valence electrons. The zero-order valence-corrected chi connectivity index (χ0v) is 14.5. The van der Waals surface area contributed by atoms with Gasteiger partial charge in [-0.15, -0.1) is 0 Å². The van der Waals surface area contributed by atoms with Crippen LogP contribution in [0.1, 0.15) is 16.8 Å². The van der Waals surface area contributed by atoms with Crippen LogP contribution in [0.3, 0.4) is 0 Å². The number of benzene rings is 2. The van der Waals surface area contributed by atoms with Crippen LogP contribution in [0, 0.1) is 0 Å². The van der Waals surface area contributed by atoms with E-state index in [0.29, 0.717) is 18.0 Å². The standard InChI is InChI=1S/C19H16Cl2N2O/c20-13-3-1-12(2-4-13)9-19(24)23-8-7-17-16(11-23)15-6-5-14(21)10-18(15)22-17/h1-6,10,22H,7-9,11H2. The smallest absolute Gasteiger partial charge is 0.227 e. The molecule has 0 saturated carbocycles. The number of hydrogen-bond donors (Lipinski definition) is 1. The summed E-state index contributed by atoms with van der Waals surface area (Å²) < 4.78 is 0. The third-order valence-electron chi connectivity index (χ3n) is 4.56. The molecule has 0 unspecified atom stereocenters. The summed E-state index contributed by atoms with van der Waals surface area (Å²) in [6.45, 7) is 1.38. The van der Waals surface area contributed by atoms with E-state index in [0.717, 1.165) is 34.5 Å². The van der Waals surface area contributed by atoms with Crippen LogP contribution in [0.4, 0.5) is 0 Å². The fourth-order valence-electron chi connectivity index (χ4n) is 3.30. The highest BCUT2D eigenvalue weighted by molar-refractivity contribution is 6.31.